The van der Waals surface area contributed by atoms with Crippen molar-refractivity contribution in [3.63, 3.8) is 0 Å². The molecule has 3 amide bonds. The lowest BCUT2D eigenvalue weighted by Gasteiger charge is -2.45. The van der Waals surface area contributed by atoms with Crippen LogP contribution in [0.25, 0.3) is 10.9 Å². The van der Waals surface area contributed by atoms with E-state index in [4.69, 9.17) is 10.5 Å². The highest BCUT2D eigenvalue weighted by Crippen LogP contribution is 2.54. The molecule has 3 fully saturated rings. The summed E-state index contributed by atoms with van der Waals surface area (Å²) in [5, 5.41) is 13.1. The Hall–Kier alpha value is -3.70. The summed E-state index contributed by atoms with van der Waals surface area (Å²) in [7, 11) is 0. The van der Waals surface area contributed by atoms with E-state index in [1.807, 2.05) is 6.92 Å². The second-order valence-electron chi connectivity index (χ2n) is 14.9. The van der Waals surface area contributed by atoms with Crippen LogP contribution in [-0.4, -0.2) is 62.3 Å². The highest BCUT2D eigenvalue weighted by Gasteiger charge is 2.61. The molecule has 4 N–H and O–H groups in total. The van der Waals surface area contributed by atoms with Crippen molar-refractivity contribution < 1.29 is 37.8 Å². The van der Waals surface area contributed by atoms with E-state index in [1.165, 1.54) is 15.5 Å². The number of alkyl carbamates (subject to hydrolysis) is 1. The Bertz CT molecular complexity index is 1520. The average molecular weight is 673 g/mol. The van der Waals surface area contributed by atoms with Crippen LogP contribution in [0.2, 0.25) is 0 Å². The standard InChI is InChI=1S/C36H50F2N4O6/c1-5-36(33(39)46)25(21-11-7-6-8-12-21)19-28(41-27-14-10-9-13-24(27)29(38)30(41)32(44)45)42(36)31(43)23-17-15-22(16-18-23)26(20-37)40-34(47)48-35(2,3)4/h9-10,13-14,21-23,25-26,28H,5-8,11-12,15-20H2,1-4H3,(H2,39,46)(H,40,47)(H,44,45)/t22?,23?,25-,26?,28?,36-/m0/s1. The predicted molar refractivity (Wildman–Crippen MR) is 176 cm³/mol. The van der Waals surface area contributed by atoms with Gasteiger partial charge in [0.25, 0.3) is 0 Å². The van der Waals surface area contributed by atoms with Gasteiger partial charge in [-0.1, -0.05) is 51.2 Å². The fraction of sp³-hybridized carbons (Fsp3) is 0.667. The van der Waals surface area contributed by atoms with Gasteiger partial charge in [-0.05, 0) is 89.2 Å². The number of carbonyl (C=O) groups excluding carboxylic acids is 3. The molecule has 0 radical (unpaired) electrons. The highest BCUT2D eigenvalue weighted by atomic mass is 19.1. The molecule has 2 aliphatic carbocycles. The van der Waals surface area contributed by atoms with Crippen LogP contribution in [0.3, 0.4) is 0 Å². The first-order valence-electron chi connectivity index (χ1n) is 17.4. The number of nitrogens with one attached hydrogen (secondary N) is 1. The van der Waals surface area contributed by atoms with Gasteiger partial charge in [-0.25, -0.2) is 18.4 Å². The molecule has 0 spiro atoms. The Morgan fingerprint density at radius 2 is 1.71 bits per heavy atom. The number of aromatic nitrogens is 1. The van der Waals surface area contributed by atoms with Crippen LogP contribution in [0.1, 0.15) is 115 Å². The zero-order chi connectivity index (χ0) is 35.0. The van der Waals surface area contributed by atoms with E-state index in [-0.39, 0.29) is 41.9 Å². The van der Waals surface area contributed by atoms with Gasteiger partial charge >= 0.3 is 12.1 Å². The van der Waals surface area contributed by atoms with Crippen LogP contribution in [0.15, 0.2) is 24.3 Å². The molecule has 2 heterocycles. The molecule has 2 aromatic rings. The van der Waals surface area contributed by atoms with Crippen molar-refractivity contribution in [3.8, 4) is 0 Å². The lowest BCUT2D eigenvalue weighted by atomic mass is 9.68. The van der Waals surface area contributed by atoms with Crippen LogP contribution >= 0.6 is 0 Å². The van der Waals surface area contributed by atoms with Crippen molar-refractivity contribution in [2.24, 2.45) is 29.4 Å². The van der Waals surface area contributed by atoms with Crippen LogP contribution in [0.4, 0.5) is 13.6 Å². The van der Waals surface area contributed by atoms with Crippen molar-refractivity contribution in [3.05, 3.63) is 35.8 Å². The number of benzene rings is 1. The van der Waals surface area contributed by atoms with Gasteiger partial charge < -0.3 is 30.4 Å². The van der Waals surface area contributed by atoms with Crippen LogP contribution in [0.5, 0.6) is 0 Å². The second-order valence-corrected chi connectivity index (χ2v) is 14.9. The number of primary amides is 1. The molecule has 5 rings (SSSR count). The molecule has 2 unspecified atom stereocenters. The van der Waals surface area contributed by atoms with Crippen molar-refractivity contribution in [2.75, 3.05) is 6.67 Å². The summed E-state index contributed by atoms with van der Waals surface area (Å²) in [6, 6.07) is 5.70. The van der Waals surface area contributed by atoms with Crippen LogP contribution < -0.4 is 11.1 Å². The van der Waals surface area contributed by atoms with Crippen molar-refractivity contribution in [2.45, 2.75) is 122 Å². The van der Waals surface area contributed by atoms with E-state index in [1.54, 1.807) is 39.0 Å². The van der Waals surface area contributed by atoms with E-state index in [2.05, 4.69) is 5.32 Å². The number of nitrogens with two attached hydrogens (primary N) is 1. The molecule has 3 aliphatic rings. The SMILES string of the molecule is CC[C@@]1(C(N)=O)[C@H](C2CCCCC2)CC(n2c(C(=O)O)c(F)c3ccccc32)N1C(=O)C1CCC(C(CF)NC(=O)OC(C)(C)C)CC1. The zero-order valence-electron chi connectivity index (χ0n) is 28.5. The number of carboxylic acids is 1. The average Bonchev–Trinajstić information content (AvgIpc) is 3.56. The summed E-state index contributed by atoms with van der Waals surface area (Å²) < 4.78 is 36.7. The van der Waals surface area contributed by atoms with E-state index < -0.39 is 65.4 Å². The number of amides is 3. The van der Waals surface area contributed by atoms with E-state index in [0.29, 0.717) is 31.2 Å². The fourth-order valence-electron chi connectivity index (χ4n) is 9.00. The van der Waals surface area contributed by atoms with Crippen molar-refractivity contribution in [1.82, 2.24) is 14.8 Å². The van der Waals surface area contributed by atoms with Gasteiger partial charge in [0, 0.05) is 11.3 Å². The predicted octanol–water partition coefficient (Wildman–Crippen LogP) is 6.71. The lowest BCUT2D eigenvalue weighted by molar-refractivity contribution is -0.155. The largest absolute Gasteiger partial charge is 0.476 e. The number of carboxylic acid groups (broad SMARTS) is 1. The third-order valence-electron chi connectivity index (χ3n) is 11.1. The molecule has 2 saturated carbocycles. The topological polar surface area (TPSA) is 144 Å². The van der Waals surface area contributed by atoms with Gasteiger partial charge in [0.2, 0.25) is 11.8 Å². The molecule has 1 aromatic heterocycles. The molecule has 12 heteroatoms. The summed E-state index contributed by atoms with van der Waals surface area (Å²) in [6.07, 6.45) is 5.25. The molecule has 10 nitrogen and oxygen atoms in total. The molecule has 1 aliphatic heterocycles. The Morgan fingerprint density at radius 1 is 1.06 bits per heavy atom. The summed E-state index contributed by atoms with van der Waals surface area (Å²) in [5.41, 5.74) is 3.93. The highest BCUT2D eigenvalue weighted by molar-refractivity contribution is 5.97. The monoisotopic (exact) mass is 672 g/mol. The number of hydrogen-bond acceptors (Lipinski definition) is 5. The summed E-state index contributed by atoms with van der Waals surface area (Å²) >= 11 is 0. The third-order valence-corrected chi connectivity index (χ3v) is 11.1. The minimum absolute atomic E-state index is 0.0893. The van der Waals surface area contributed by atoms with Gasteiger partial charge in [-0.3, -0.25) is 9.59 Å². The number of carbonyl (C=O) groups is 4. The number of rotatable bonds is 9. The normalized spacial score (nSPS) is 27.5. The summed E-state index contributed by atoms with van der Waals surface area (Å²) in [6.45, 7) is 6.23. The van der Waals surface area contributed by atoms with E-state index >= 15 is 4.39 Å². The van der Waals surface area contributed by atoms with E-state index in [0.717, 1.165) is 32.1 Å². The number of fused-ring (bicyclic) bond motifs is 1. The first-order valence-corrected chi connectivity index (χ1v) is 17.4. The summed E-state index contributed by atoms with van der Waals surface area (Å²) in [5.74, 6) is -4.36. The number of ether oxygens (including phenoxy) is 1. The molecular weight excluding hydrogens is 622 g/mol. The molecular formula is C36H50F2N4O6. The minimum Gasteiger partial charge on any atom is -0.476 e. The number of hydrogen-bond donors (Lipinski definition) is 3. The number of alkyl halides is 1. The molecule has 48 heavy (non-hydrogen) atoms. The van der Waals surface area contributed by atoms with Gasteiger partial charge in [-0.2, -0.15) is 0 Å². The minimum atomic E-state index is -1.46. The molecule has 0 bridgehead atoms. The molecule has 264 valence electrons. The van der Waals surface area contributed by atoms with Gasteiger partial charge in [0.15, 0.2) is 11.5 Å². The zero-order valence-corrected chi connectivity index (χ0v) is 28.5. The molecule has 1 aromatic carbocycles. The van der Waals surface area contributed by atoms with Crippen LogP contribution in [0, 0.1) is 29.5 Å². The Labute approximate surface area is 280 Å². The molecule has 4 atom stereocenters. The van der Waals surface area contributed by atoms with Crippen molar-refractivity contribution >= 4 is 34.8 Å². The van der Waals surface area contributed by atoms with Crippen molar-refractivity contribution in [1.29, 1.82) is 0 Å². The quantitative estimate of drug-likeness (QED) is 0.270. The number of aromatic carboxylic acids is 1. The number of nitrogens with zero attached hydrogens (tertiary/aromatic N) is 2. The molecule has 1 saturated heterocycles. The number of halogens is 2. The first-order chi connectivity index (χ1) is 22.7. The second kappa shape index (κ2) is 14.0. The van der Waals surface area contributed by atoms with Gasteiger partial charge in [0.05, 0.1) is 11.6 Å². The van der Waals surface area contributed by atoms with Gasteiger partial charge in [-0.15, -0.1) is 0 Å². The maximum absolute atomic E-state index is 15.8. The van der Waals surface area contributed by atoms with Gasteiger partial charge in [0.1, 0.15) is 24.0 Å². The summed E-state index contributed by atoms with van der Waals surface area (Å²) in [4.78, 5) is 55.3. The lowest BCUT2D eigenvalue weighted by Crippen LogP contribution is -2.62. The van der Waals surface area contributed by atoms with Crippen LogP contribution in [-0.2, 0) is 14.3 Å². The Kier molecular flexibility index (Phi) is 10.4. The number of likely N-dealkylation sites (tertiary alicyclic amines) is 1. The maximum atomic E-state index is 15.8. The maximum Gasteiger partial charge on any atom is 0.407 e. The van der Waals surface area contributed by atoms with E-state index in [9.17, 15) is 28.7 Å². The fourth-order valence-corrected chi connectivity index (χ4v) is 9.00. The first kappa shape index (κ1) is 35.6. The Balaban J connectivity index is 1.52. The smallest absolute Gasteiger partial charge is 0.407 e. The Morgan fingerprint density at radius 3 is 2.27 bits per heavy atom. The number of para-hydroxylation sites is 1. The third kappa shape index (κ3) is 6.51.